The van der Waals surface area contributed by atoms with Crippen molar-refractivity contribution in [3.63, 3.8) is 0 Å². The van der Waals surface area contributed by atoms with Gasteiger partial charge in [0.1, 0.15) is 5.69 Å². The third-order valence-electron chi connectivity index (χ3n) is 5.52. The fourth-order valence-corrected chi connectivity index (χ4v) is 3.91. The first-order valence-electron chi connectivity index (χ1n) is 9.76. The lowest BCUT2D eigenvalue weighted by atomic mass is 10.0. The number of rotatable bonds is 4. The van der Waals surface area contributed by atoms with E-state index in [0.717, 1.165) is 57.3 Å². The topological polar surface area (TPSA) is 52.6 Å². The molecular formula is C19H31N5O. The van der Waals surface area contributed by atoms with E-state index in [1.165, 1.54) is 19.3 Å². The minimum atomic E-state index is 0.0487. The van der Waals surface area contributed by atoms with Crippen molar-refractivity contribution < 1.29 is 4.79 Å². The van der Waals surface area contributed by atoms with Gasteiger partial charge in [0, 0.05) is 44.5 Å². The molecule has 2 saturated heterocycles. The number of carbonyl (C=O) groups excluding carboxylic acids is 1. The molecule has 0 aromatic carbocycles. The lowest BCUT2D eigenvalue weighted by Gasteiger charge is -2.36. The Morgan fingerprint density at radius 1 is 1.12 bits per heavy atom. The molecule has 0 spiro atoms. The highest BCUT2D eigenvalue weighted by Crippen LogP contribution is 2.24. The van der Waals surface area contributed by atoms with Crippen molar-refractivity contribution >= 4 is 11.9 Å². The zero-order valence-electron chi connectivity index (χ0n) is 15.9. The van der Waals surface area contributed by atoms with E-state index in [9.17, 15) is 4.79 Å². The molecule has 1 amide bonds. The second kappa shape index (κ2) is 8.13. The van der Waals surface area contributed by atoms with Gasteiger partial charge in [0.05, 0.1) is 0 Å². The van der Waals surface area contributed by atoms with Crippen LogP contribution in [0.5, 0.6) is 0 Å². The second-order valence-corrected chi connectivity index (χ2v) is 7.17. The van der Waals surface area contributed by atoms with Crippen molar-refractivity contribution in [3.05, 3.63) is 17.5 Å². The Morgan fingerprint density at radius 2 is 1.88 bits per heavy atom. The summed E-state index contributed by atoms with van der Waals surface area (Å²) in [6.07, 6.45) is 4.74. The number of piperidine rings is 1. The van der Waals surface area contributed by atoms with Gasteiger partial charge in [-0.3, -0.25) is 4.79 Å². The van der Waals surface area contributed by atoms with Crippen molar-refractivity contribution in [3.8, 4) is 0 Å². The quantitative estimate of drug-likeness (QED) is 0.838. The van der Waals surface area contributed by atoms with Crippen LogP contribution in [0.15, 0.2) is 6.07 Å². The van der Waals surface area contributed by atoms with Crippen molar-refractivity contribution in [2.24, 2.45) is 0 Å². The highest BCUT2D eigenvalue weighted by atomic mass is 16.2. The molecule has 0 saturated carbocycles. The maximum atomic E-state index is 12.9. The summed E-state index contributed by atoms with van der Waals surface area (Å²) in [4.78, 5) is 28.9. The molecule has 1 aromatic rings. The Labute approximate surface area is 151 Å². The summed E-state index contributed by atoms with van der Waals surface area (Å²) in [7, 11) is 0. The molecule has 2 aliphatic heterocycles. The summed E-state index contributed by atoms with van der Waals surface area (Å²) < 4.78 is 0. The van der Waals surface area contributed by atoms with Crippen molar-refractivity contribution in [2.45, 2.75) is 52.5 Å². The number of piperazine rings is 1. The Hall–Kier alpha value is -1.69. The molecule has 25 heavy (non-hydrogen) atoms. The van der Waals surface area contributed by atoms with Crippen LogP contribution in [-0.4, -0.2) is 71.0 Å². The largest absolute Gasteiger partial charge is 0.338 e. The molecule has 1 atom stereocenters. The van der Waals surface area contributed by atoms with Gasteiger partial charge >= 0.3 is 0 Å². The van der Waals surface area contributed by atoms with Gasteiger partial charge in [0.2, 0.25) is 5.95 Å². The number of carbonyl (C=O) groups is 1. The summed E-state index contributed by atoms with van der Waals surface area (Å²) in [5.41, 5.74) is 1.42. The van der Waals surface area contributed by atoms with Crippen LogP contribution < -0.4 is 4.90 Å². The number of amides is 1. The van der Waals surface area contributed by atoms with Crippen LogP contribution in [0.4, 0.5) is 5.95 Å². The number of anilines is 1. The first-order valence-corrected chi connectivity index (χ1v) is 9.76. The molecule has 0 radical (unpaired) electrons. The normalized spacial score (nSPS) is 22.3. The van der Waals surface area contributed by atoms with Gasteiger partial charge in [0.15, 0.2) is 0 Å². The van der Waals surface area contributed by atoms with E-state index in [4.69, 9.17) is 0 Å². The predicted molar refractivity (Wildman–Crippen MR) is 100 cm³/mol. The molecule has 138 valence electrons. The van der Waals surface area contributed by atoms with Gasteiger partial charge < -0.3 is 14.7 Å². The van der Waals surface area contributed by atoms with Gasteiger partial charge in [-0.15, -0.1) is 0 Å². The Morgan fingerprint density at radius 3 is 2.56 bits per heavy atom. The Balaban J connectivity index is 1.78. The zero-order chi connectivity index (χ0) is 17.8. The Kier molecular flexibility index (Phi) is 5.89. The predicted octanol–water partition coefficient (Wildman–Crippen LogP) is 2.33. The number of likely N-dealkylation sites (N-methyl/N-ethyl adjacent to an activating group) is 1. The maximum Gasteiger partial charge on any atom is 0.272 e. The summed E-state index contributed by atoms with van der Waals surface area (Å²) in [5.74, 6) is 0.787. The standard InChI is InChI=1S/C19H31N5O/c1-4-16-8-6-7-9-24(16)19-20-15(3)14-17(21-19)18(25)23-12-10-22(5-2)11-13-23/h14,16H,4-13H2,1-3H3. The third-order valence-corrected chi connectivity index (χ3v) is 5.52. The van der Waals surface area contributed by atoms with Gasteiger partial charge in [-0.1, -0.05) is 13.8 Å². The van der Waals surface area contributed by atoms with Crippen LogP contribution in [0, 0.1) is 6.92 Å². The maximum absolute atomic E-state index is 12.9. The van der Waals surface area contributed by atoms with Gasteiger partial charge in [-0.25, -0.2) is 9.97 Å². The van der Waals surface area contributed by atoms with Crippen LogP contribution in [0.25, 0.3) is 0 Å². The van der Waals surface area contributed by atoms with E-state index in [0.29, 0.717) is 11.7 Å². The van der Waals surface area contributed by atoms with Crippen LogP contribution in [0.2, 0.25) is 0 Å². The molecule has 0 aliphatic carbocycles. The van der Waals surface area contributed by atoms with E-state index in [1.807, 2.05) is 17.9 Å². The first kappa shape index (κ1) is 18.1. The zero-order valence-corrected chi connectivity index (χ0v) is 15.9. The number of hydrogen-bond donors (Lipinski definition) is 0. The smallest absolute Gasteiger partial charge is 0.272 e. The van der Waals surface area contributed by atoms with Crippen LogP contribution in [0.1, 0.15) is 55.7 Å². The fourth-order valence-electron chi connectivity index (χ4n) is 3.91. The summed E-state index contributed by atoms with van der Waals surface area (Å²) in [6, 6.07) is 2.33. The number of aryl methyl sites for hydroxylation is 1. The average molecular weight is 345 g/mol. The van der Waals surface area contributed by atoms with Crippen LogP contribution in [-0.2, 0) is 0 Å². The molecule has 2 fully saturated rings. The minimum absolute atomic E-state index is 0.0487. The molecule has 2 aliphatic rings. The molecule has 6 nitrogen and oxygen atoms in total. The average Bonchev–Trinajstić information content (AvgIpc) is 2.67. The highest BCUT2D eigenvalue weighted by Gasteiger charge is 2.26. The molecule has 6 heteroatoms. The van der Waals surface area contributed by atoms with Crippen LogP contribution >= 0.6 is 0 Å². The SMILES string of the molecule is CCC1CCCCN1c1nc(C)cc(C(=O)N2CCN(CC)CC2)n1. The molecular weight excluding hydrogens is 314 g/mol. The number of hydrogen-bond acceptors (Lipinski definition) is 5. The highest BCUT2D eigenvalue weighted by molar-refractivity contribution is 5.92. The lowest BCUT2D eigenvalue weighted by Crippen LogP contribution is -2.48. The summed E-state index contributed by atoms with van der Waals surface area (Å²) in [6.45, 7) is 11.8. The summed E-state index contributed by atoms with van der Waals surface area (Å²) >= 11 is 0. The number of aromatic nitrogens is 2. The fraction of sp³-hybridized carbons (Fsp3) is 0.737. The van der Waals surface area contributed by atoms with E-state index in [1.54, 1.807) is 0 Å². The molecule has 3 rings (SSSR count). The summed E-state index contributed by atoms with van der Waals surface area (Å²) in [5, 5.41) is 0. The van der Waals surface area contributed by atoms with Gasteiger partial charge in [-0.05, 0) is 45.2 Å². The van der Waals surface area contributed by atoms with Crippen molar-refractivity contribution in [1.29, 1.82) is 0 Å². The molecule has 0 N–H and O–H groups in total. The van der Waals surface area contributed by atoms with Crippen LogP contribution in [0.3, 0.4) is 0 Å². The molecule has 0 bridgehead atoms. The Bertz CT molecular complexity index is 597. The van der Waals surface area contributed by atoms with Gasteiger partial charge in [0.25, 0.3) is 5.91 Å². The first-order chi connectivity index (χ1) is 12.1. The van der Waals surface area contributed by atoms with E-state index < -0.39 is 0 Å². The molecule has 3 heterocycles. The van der Waals surface area contributed by atoms with E-state index in [-0.39, 0.29) is 5.91 Å². The lowest BCUT2D eigenvalue weighted by molar-refractivity contribution is 0.0637. The number of nitrogens with zero attached hydrogens (tertiary/aromatic N) is 5. The van der Waals surface area contributed by atoms with E-state index >= 15 is 0 Å². The molecule has 1 unspecified atom stereocenters. The molecule has 1 aromatic heterocycles. The second-order valence-electron chi connectivity index (χ2n) is 7.17. The van der Waals surface area contributed by atoms with Crippen molar-refractivity contribution in [2.75, 3.05) is 44.2 Å². The van der Waals surface area contributed by atoms with Crippen molar-refractivity contribution in [1.82, 2.24) is 19.8 Å². The minimum Gasteiger partial charge on any atom is -0.338 e. The van der Waals surface area contributed by atoms with Gasteiger partial charge in [-0.2, -0.15) is 0 Å². The third kappa shape index (κ3) is 4.11. The van der Waals surface area contributed by atoms with E-state index in [2.05, 4.69) is 33.6 Å². The monoisotopic (exact) mass is 345 g/mol.